The Morgan fingerprint density at radius 1 is 0.768 bits per heavy atom. The van der Waals surface area contributed by atoms with E-state index in [2.05, 4.69) is 81.9 Å². The second-order valence-corrected chi connectivity index (χ2v) is 14.5. The SMILES string of the molecule is CCC(=C(c1ccc(O)cc1)c1ccc(-c2cnn(CCCN3CCN(c4ccc5c(c4)C(=O)N(C4CCC(=O)NC4=O)C5=O)CC3)c2)cc1)c1ccccc1. The average molecular weight is 749 g/mol. The number of aromatic hydroxyl groups is 1. The van der Waals surface area contributed by atoms with Gasteiger partial charge in [-0.3, -0.25) is 39.0 Å². The molecule has 0 radical (unpaired) electrons. The molecule has 1 aromatic heterocycles. The fourth-order valence-electron chi connectivity index (χ4n) is 8.11. The zero-order valence-electron chi connectivity index (χ0n) is 31.4. The molecule has 4 heterocycles. The van der Waals surface area contributed by atoms with Crippen LogP contribution in [0.2, 0.25) is 0 Å². The van der Waals surface area contributed by atoms with Gasteiger partial charge in [0.2, 0.25) is 11.8 Å². The van der Waals surface area contributed by atoms with Gasteiger partial charge in [0.25, 0.3) is 11.8 Å². The van der Waals surface area contributed by atoms with E-state index in [1.807, 2.05) is 35.1 Å². The number of anilines is 1. The number of allylic oxidation sites excluding steroid dienone is 1. The summed E-state index contributed by atoms with van der Waals surface area (Å²) in [4.78, 5) is 56.1. The number of piperazine rings is 1. The van der Waals surface area contributed by atoms with Crippen LogP contribution in [0.15, 0.2) is 109 Å². The summed E-state index contributed by atoms with van der Waals surface area (Å²) in [6.45, 7) is 7.22. The molecule has 8 rings (SSSR count). The van der Waals surface area contributed by atoms with Crippen molar-refractivity contribution in [3.05, 3.63) is 137 Å². The minimum atomic E-state index is -0.971. The van der Waals surface area contributed by atoms with Crippen LogP contribution in [0.25, 0.3) is 22.3 Å². The maximum Gasteiger partial charge on any atom is 0.262 e. The van der Waals surface area contributed by atoms with E-state index < -0.39 is 29.7 Å². The van der Waals surface area contributed by atoms with E-state index in [-0.39, 0.29) is 18.6 Å². The van der Waals surface area contributed by atoms with Crippen molar-refractivity contribution in [2.75, 3.05) is 37.6 Å². The van der Waals surface area contributed by atoms with E-state index in [4.69, 9.17) is 0 Å². The van der Waals surface area contributed by atoms with Crippen molar-refractivity contribution >= 4 is 40.5 Å². The molecule has 1 unspecified atom stereocenters. The molecule has 4 aromatic carbocycles. The number of phenols is 1. The third kappa shape index (κ3) is 7.37. The molecular formula is C45H44N6O5. The van der Waals surface area contributed by atoms with Gasteiger partial charge in [0, 0.05) is 63.1 Å². The van der Waals surface area contributed by atoms with Crippen molar-refractivity contribution in [3.63, 3.8) is 0 Å². The maximum atomic E-state index is 13.3. The lowest BCUT2D eigenvalue weighted by Crippen LogP contribution is -2.54. The van der Waals surface area contributed by atoms with Gasteiger partial charge in [-0.1, -0.05) is 73.7 Å². The van der Waals surface area contributed by atoms with Crippen LogP contribution in [0.4, 0.5) is 5.69 Å². The highest BCUT2D eigenvalue weighted by molar-refractivity contribution is 6.23. The molecule has 284 valence electrons. The molecule has 0 aliphatic carbocycles. The van der Waals surface area contributed by atoms with E-state index in [0.717, 1.165) is 90.5 Å². The molecular weight excluding hydrogens is 705 g/mol. The van der Waals surface area contributed by atoms with Gasteiger partial charge in [-0.2, -0.15) is 5.10 Å². The van der Waals surface area contributed by atoms with Crippen molar-refractivity contribution in [2.45, 2.75) is 45.2 Å². The molecule has 4 amide bonds. The second-order valence-electron chi connectivity index (χ2n) is 14.5. The topological polar surface area (TPSA) is 128 Å². The molecule has 11 heteroatoms. The van der Waals surface area contributed by atoms with Crippen molar-refractivity contribution < 1.29 is 24.3 Å². The van der Waals surface area contributed by atoms with E-state index in [9.17, 15) is 24.3 Å². The first-order valence-corrected chi connectivity index (χ1v) is 19.3. The quantitative estimate of drug-likeness (QED) is 0.120. The maximum absolute atomic E-state index is 13.3. The number of aromatic nitrogens is 2. The number of hydrogen-bond donors (Lipinski definition) is 2. The highest BCUT2D eigenvalue weighted by Gasteiger charge is 2.44. The number of hydrogen-bond acceptors (Lipinski definition) is 8. The fourth-order valence-corrected chi connectivity index (χ4v) is 8.11. The van der Waals surface area contributed by atoms with Crippen molar-refractivity contribution in [1.82, 2.24) is 24.9 Å². The molecule has 11 nitrogen and oxygen atoms in total. The van der Waals surface area contributed by atoms with Gasteiger partial charge in [0.1, 0.15) is 11.8 Å². The number of fused-ring (bicyclic) bond motifs is 1. The summed E-state index contributed by atoms with van der Waals surface area (Å²) in [7, 11) is 0. The number of benzene rings is 4. The first-order chi connectivity index (χ1) is 27.3. The van der Waals surface area contributed by atoms with Crippen LogP contribution >= 0.6 is 0 Å². The summed E-state index contributed by atoms with van der Waals surface area (Å²) < 4.78 is 2.01. The van der Waals surface area contributed by atoms with Gasteiger partial charge in [-0.25, -0.2) is 0 Å². The molecule has 0 bridgehead atoms. The van der Waals surface area contributed by atoms with Crippen molar-refractivity contribution in [2.24, 2.45) is 0 Å². The number of amides is 4. The summed E-state index contributed by atoms with van der Waals surface area (Å²) in [5.41, 5.74) is 9.39. The Labute approximate surface area is 325 Å². The van der Waals surface area contributed by atoms with Crippen LogP contribution in [0, 0.1) is 0 Å². The van der Waals surface area contributed by atoms with Crippen LogP contribution in [0.1, 0.15) is 70.0 Å². The molecule has 2 fully saturated rings. The first kappa shape index (κ1) is 36.6. The lowest BCUT2D eigenvalue weighted by Gasteiger charge is -2.36. The summed E-state index contributed by atoms with van der Waals surface area (Å²) >= 11 is 0. The van der Waals surface area contributed by atoms with Crippen LogP contribution in [0.5, 0.6) is 5.75 Å². The Balaban J connectivity index is 0.861. The number of phenolic OH excluding ortho intramolecular Hbond substituents is 1. The Bertz CT molecular complexity index is 2310. The Kier molecular flexibility index (Phi) is 10.3. The Morgan fingerprint density at radius 2 is 1.46 bits per heavy atom. The molecule has 5 aromatic rings. The number of carbonyl (C=O) groups excluding carboxylic acids is 4. The minimum absolute atomic E-state index is 0.0934. The minimum Gasteiger partial charge on any atom is -0.508 e. The summed E-state index contributed by atoms with van der Waals surface area (Å²) in [6.07, 6.45) is 6.07. The highest BCUT2D eigenvalue weighted by Crippen LogP contribution is 2.36. The lowest BCUT2D eigenvalue weighted by molar-refractivity contribution is -0.136. The van der Waals surface area contributed by atoms with Gasteiger partial charge in [0.15, 0.2) is 0 Å². The molecule has 3 aliphatic heterocycles. The van der Waals surface area contributed by atoms with Crippen molar-refractivity contribution in [3.8, 4) is 16.9 Å². The number of carbonyl (C=O) groups is 4. The third-order valence-corrected chi connectivity index (χ3v) is 11.1. The van der Waals surface area contributed by atoms with E-state index in [1.165, 1.54) is 11.1 Å². The first-order valence-electron chi connectivity index (χ1n) is 19.3. The monoisotopic (exact) mass is 748 g/mol. The molecule has 0 saturated carbocycles. The zero-order chi connectivity index (χ0) is 38.8. The van der Waals surface area contributed by atoms with Gasteiger partial charge in [-0.15, -0.1) is 0 Å². The normalized spacial score (nSPS) is 17.9. The highest BCUT2D eigenvalue weighted by atomic mass is 16.3. The number of imide groups is 2. The molecule has 0 spiro atoms. The van der Waals surface area contributed by atoms with E-state index in [0.29, 0.717) is 11.1 Å². The summed E-state index contributed by atoms with van der Waals surface area (Å²) in [5.74, 6) is -1.73. The Morgan fingerprint density at radius 3 is 2.16 bits per heavy atom. The molecule has 1 atom stereocenters. The van der Waals surface area contributed by atoms with Crippen LogP contribution in [0.3, 0.4) is 0 Å². The standard InChI is InChI=1S/C45H44N6O5/c1-2-37(31-7-4-3-5-8-31)42(33-13-16-36(52)17-14-33)32-11-9-30(10-12-32)34-28-46-50(29-34)22-6-21-48-23-25-49(26-24-48)35-15-18-38-39(27-35)45(56)51(44(38)55)40-19-20-41(53)47-43(40)54/h3-5,7-18,27-29,40,52H,2,6,19-26H2,1H3,(H,47,53,54). The zero-order valence-corrected chi connectivity index (χ0v) is 31.4. The number of rotatable bonds is 11. The van der Waals surface area contributed by atoms with Crippen LogP contribution < -0.4 is 10.2 Å². The summed E-state index contributed by atoms with van der Waals surface area (Å²) in [5, 5.41) is 16.9. The van der Waals surface area contributed by atoms with Gasteiger partial charge >= 0.3 is 0 Å². The smallest absolute Gasteiger partial charge is 0.262 e. The number of nitrogens with one attached hydrogen (secondary N) is 1. The molecule has 2 N–H and O–H groups in total. The number of aryl methyl sites for hydroxylation is 1. The molecule has 3 aliphatic rings. The predicted octanol–water partition coefficient (Wildman–Crippen LogP) is 6.24. The van der Waals surface area contributed by atoms with E-state index in [1.54, 1.807) is 24.3 Å². The largest absolute Gasteiger partial charge is 0.508 e. The number of piperidine rings is 1. The molecule has 2 saturated heterocycles. The summed E-state index contributed by atoms with van der Waals surface area (Å²) in [6, 6.07) is 30.9. The predicted molar refractivity (Wildman–Crippen MR) is 215 cm³/mol. The molecule has 56 heavy (non-hydrogen) atoms. The van der Waals surface area contributed by atoms with Gasteiger partial charge in [-0.05, 0) is 83.0 Å². The average Bonchev–Trinajstić information content (AvgIpc) is 3.79. The second kappa shape index (κ2) is 15.8. The van der Waals surface area contributed by atoms with Gasteiger partial charge in [0.05, 0.1) is 17.3 Å². The Hall–Kier alpha value is -6.33. The lowest BCUT2D eigenvalue weighted by atomic mass is 9.87. The van der Waals surface area contributed by atoms with Crippen LogP contribution in [-0.2, 0) is 16.1 Å². The van der Waals surface area contributed by atoms with Crippen LogP contribution in [-0.4, -0.2) is 87.1 Å². The van der Waals surface area contributed by atoms with Gasteiger partial charge < -0.3 is 10.0 Å². The van der Waals surface area contributed by atoms with Crippen molar-refractivity contribution in [1.29, 1.82) is 0 Å². The number of nitrogens with zero attached hydrogens (tertiary/aromatic N) is 5. The third-order valence-electron chi connectivity index (χ3n) is 11.1. The fraction of sp³-hybridized carbons (Fsp3) is 0.267. The van der Waals surface area contributed by atoms with E-state index >= 15 is 0 Å².